The number of alkyl halides is 3. The van der Waals surface area contributed by atoms with Crippen LogP contribution in [-0.4, -0.2) is 57.9 Å². The van der Waals surface area contributed by atoms with Gasteiger partial charge < -0.3 is 25.9 Å². The zero-order chi connectivity index (χ0) is 22.2. The molecule has 0 radical (unpaired) electrons. The van der Waals surface area contributed by atoms with E-state index in [1.165, 1.54) is 25.1 Å². The first-order chi connectivity index (χ1) is 14.0. The topological polar surface area (TPSA) is 141 Å². The molecule has 9 nitrogen and oxygen atoms in total. The molecule has 0 spiro atoms. The van der Waals surface area contributed by atoms with Gasteiger partial charge in [0.2, 0.25) is 5.56 Å². The SMILES string of the molecule is Cc1[nH]c(=O)ccc1C(=O)N[C@@H]1CN(C(=O)c2ccc(C(N)=O)[nH]2)C[C@H]1C(F)(F)F. The number of primary amides is 1. The van der Waals surface area contributed by atoms with E-state index >= 15 is 0 Å². The van der Waals surface area contributed by atoms with Crippen LogP contribution in [0.5, 0.6) is 0 Å². The number of carbonyl (C=O) groups is 3. The fourth-order valence-electron chi connectivity index (χ4n) is 3.35. The molecule has 3 rings (SSSR count). The van der Waals surface area contributed by atoms with Gasteiger partial charge in [0.05, 0.1) is 17.5 Å². The molecule has 1 aliphatic rings. The average Bonchev–Trinajstić information content (AvgIpc) is 3.28. The summed E-state index contributed by atoms with van der Waals surface area (Å²) in [4.78, 5) is 53.3. The molecule has 12 heteroatoms. The smallest absolute Gasteiger partial charge is 0.364 e. The highest BCUT2D eigenvalue weighted by Gasteiger charge is 2.51. The van der Waals surface area contributed by atoms with Crippen molar-refractivity contribution in [2.24, 2.45) is 11.7 Å². The van der Waals surface area contributed by atoms with Crippen molar-refractivity contribution in [3.8, 4) is 0 Å². The van der Waals surface area contributed by atoms with Crippen LogP contribution in [0.2, 0.25) is 0 Å². The van der Waals surface area contributed by atoms with Gasteiger partial charge in [-0.2, -0.15) is 13.2 Å². The van der Waals surface area contributed by atoms with Crippen molar-refractivity contribution in [2.45, 2.75) is 19.1 Å². The van der Waals surface area contributed by atoms with E-state index in [-0.39, 0.29) is 29.2 Å². The number of H-pyrrole nitrogens is 2. The number of rotatable bonds is 4. The molecule has 0 unspecified atom stereocenters. The Labute approximate surface area is 167 Å². The van der Waals surface area contributed by atoms with E-state index in [0.717, 1.165) is 11.0 Å². The molecule has 2 aromatic heterocycles. The van der Waals surface area contributed by atoms with Crippen LogP contribution in [0.1, 0.15) is 37.0 Å². The Morgan fingerprint density at radius 1 is 1.10 bits per heavy atom. The number of nitrogens with zero attached hydrogens (tertiary/aromatic N) is 1. The molecule has 1 aliphatic heterocycles. The van der Waals surface area contributed by atoms with Crippen LogP contribution < -0.4 is 16.6 Å². The molecule has 0 bridgehead atoms. The molecule has 0 aromatic carbocycles. The molecule has 0 aliphatic carbocycles. The molecule has 2 atom stereocenters. The summed E-state index contributed by atoms with van der Waals surface area (Å²) in [6, 6.07) is 3.42. The lowest BCUT2D eigenvalue weighted by Gasteiger charge is -2.22. The lowest BCUT2D eigenvalue weighted by atomic mass is 10.0. The molecule has 0 saturated carbocycles. The fraction of sp³-hybridized carbons (Fsp3) is 0.333. The third-order valence-corrected chi connectivity index (χ3v) is 4.89. The Kier molecular flexibility index (Phi) is 5.42. The molecular formula is C18H18F3N5O4. The Balaban J connectivity index is 1.80. The zero-order valence-corrected chi connectivity index (χ0v) is 15.7. The van der Waals surface area contributed by atoms with Gasteiger partial charge in [-0.1, -0.05) is 0 Å². The van der Waals surface area contributed by atoms with E-state index in [1.807, 2.05) is 0 Å². The van der Waals surface area contributed by atoms with Gasteiger partial charge in [0.1, 0.15) is 11.4 Å². The molecule has 2 aromatic rings. The van der Waals surface area contributed by atoms with Gasteiger partial charge in [0.15, 0.2) is 0 Å². The summed E-state index contributed by atoms with van der Waals surface area (Å²) in [5.74, 6) is -4.36. The Bertz CT molecular complexity index is 1060. The van der Waals surface area contributed by atoms with Crippen LogP contribution in [0.3, 0.4) is 0 Å². The molecule has 160 valence electrons. The van der Waals surface area contributed by atoms with Crippen LogP contribution in [0.25, 0.3) is 0 Å². The van der Waals surface area contributed by atoms with E-state index < -0.39 is 48.0 Å². The van der Waals surface area contributed by atoms with Crippen molar-refractivity contribution < 1.29 is 27.6 Å². The van der Waals surface area contributed by atoms with Gasteiger partial charge in [-0.3, -0.25) is 19.2 Å². The van der Waals surface area contributed by atoms with Gasteiger partial charge in [0.25, 0.3) is 17.7 Å². The number of aromatic nitrogens is 2. The molecule has 5 N–H and O–H groups in total. The third-order valence-electron chi connectivity index (χ3n) is 4.89. The summed E-state index contributed by atoms with van der Waals surface area (Å²) >= 11 is 0. The predicted molar refractivity (Wildman–Crippen MR) is 97.8 cm³/mol. The number of amides is 3. The van der Waals surface area contributed by atoms with Gasteiger partial charge in [-0.05, 0) is 25.1 Å². The van der Waals surface area contributed by atoms with Crippen molar-refractivity contribution in [3.63, 3.8) is 0 Å². The van der Waals surface area contributed by atoms with Gasteiger partial charge in [-0.15, -0.1) is 0 Å². The second-order valence-corrected chi connectivity index (χ2v) is 6.95. The normalized spacial score (nSPS) is 19.0. The second kappa shape index (κ2) is 7.69. The molecule has 3 amide bonds. The van der Waals surface area contributed by atoms with Gasteiger partial charge in [0, 0.05) is 24.8 Å². The summed E-state index contributed by atoms with van der Waals surface area (Å²) in [6.45, 7) is 0.397. The number of aryl methyl sites for hydroxylation is 1. The zero-order valence-electron chi connectivity index (χ0n) is 15.7. The minimum absolute atomic E-state index is 0.0239. The maximum Gasteiger partial charge on any atom is 0.395 e. The van der Waals surface area contributed by atoms with Crippen LogP contribution in [0.4, 0.5) is 13.2 Å². The van der Waals surface area contributed by atoms with Crippen molar-refractivity contribution >= 4 is 17.7 Å². The third kappa shape index (κ3) is 4.21. The number of hydrogen-bond donors (Lipinski definition) is 4. The standard InChI is InChI=1S/C18H18F3N5O4/c1-8-9(2-5-14(27)23-8)16(29)25-13-7-26(6-10(13)18(19,20)21)17(30)12-4-3-11(24-12)15(22)28/h2-5,10,13,24H,6-7H2,1H3,(H2,22,28)(H,23,27)(H,25,29)/t10-,13-/m1/s1. The quantitative estimate of drug-likeness (QED) is 0.567. The van der Waals surface area contributed by atoms with Crippen molar-refractivity contribution in [2.75, 3.05) is 13.1 Å². The second-order valence-electron chi connectivity index (χ2n) is 6.95. The predicted octanol–water partition coefficient (Wildman–Crippen LogP) is 0.543. The van der Waals surface area contributed by atoms with E-state index in [4.69, 9.17) is 5.73 Å². The van der Waals surface area contributed by atoms with Crippen molar-refractivity contribution in [1.29, 1.82) is 0 Å². The largest absolute Gasteiger partial charge is 0.395 e. The van der Waals surface area contributed by atoms with Crippen LogP contribution in [0, 0.1) is 12.8 Å². The van der Waals surface area contributed by atoms with E-state index in [2.05, 4.69) is 15.3 Å². The number of pyridine rings is 1. The van der Waals surface area contributed by atoms with Gasteiger partial charge in [-0.25, -0.2) is 0 Å². The summed E-state index contributed by atoms with van der Waals surface area (Å²) in [6.07, 6.45) is -4.67. The number of hydrogen-bond acceptors (Lipinski definition) is 4. The van der Waals surface area contributed by atoms with Crippen LogP contribution in [-0.2, 0) is 0 Å². The monoisotopic (exact) mass is 425 g/mol. The number of aromatic amines is 2. The average molecular weight is 425 g/mol. The van der Waals surface area contributed by atoms with E-state index in [1.54, 1.807) is 0 Å². The van der Waals surface area contributed by atoms with Crippen LogP contribution in [0.15, 0.2) is 29.1 Å². The molecule has 30 heavy (non-hydrogen) atoms. The summed E-state index contributed by atoms with van der Waals surface area (Å²) in [5.41, 5.74) is 4.74. The summed E-state index contributed by atoms with van der Waals surface area (Å²) in [7, 11) is 0. The lowest BCUT2D eigenvalue weighted by molar-refractivity contribution is -0.174. The number of likely N-dealkylation sites (tertiary alicyclic amines) is 1. The Morgan fingerprint density at radius 3 is 2.33 bits per heavy atom. The van der Waals surface area contributed by atoms with Crippen LogP contribution >= 0.6 is 0 Å². The first-order valence-corrected chi connectivity index (χ1v) is 8.83. The van der Waals surface area contributed by atoms with E-state index in [0.29, 0.717) is 0 Å². The maximum absolute atomic E-state index is 13.5. The lowest BCUT2D eigenvalue weighted by Crippen LogP contribution is -2.45. The van der Waals surface area contributed by atoms with E-state index in [9.17, 15) is 32.3 Å². The summed E-state index contributed by atoms with van der Waals surface area (Å²) in [5, 5.41) is 2.31. The molecular weight excluding hydrogens is 407 g/mol. The number of halogens is 3. The fourth-order valence-corrected chi connectivity index (χ4v) is 3.35. The minimum atomic E-state index is -4.67. The highest BCUT2D eigenvalue weighted by atomic mass is 19.4. The highest BCUT2D eigenvalue weighted by Crippen LogP contribution is 2.34. The first-order valence-electron chi connectivity index (χ1n) is 8.83. The first kappa shape index (κ1) is 21.1. The van der Waals surface area contributed by atoms with Gasteiger partial charge >= 0.3 is 6.18 Å². The minimum Gasteiger partial charge on any atom is -0.364 e. The Hall–Kier alpha value is -3.57. The van der Waals surface area contributed by atoms with Crippen molar-refractivity contribution in [1.82, 2.24) is 20.2 Å². The molecule has 3 heterocycles. The number of nitrogens with one attached hydrogen (secondary N) is 3. The number of nitrogens with two attached hydrogens (primary N) is 1. The number of carbonyl (C=O) groups excluding carboxylic acids is 3. The summed E-state index contributed by atoms with van der Waals surface area (Å²) < 4.78 is 40.6. The Morgan fingerprint density at radius 2 is 1.77 bits per heavy atom. The molecule has 1 saturated heterocycles. The highest BCUT2D eigenvalue weighted by molar-refractivity contribution is 5.97. The maximum atomic E-state index is 13.5. The molecule has 1 fully saturated rings. The van der Waals surface area contributed by atoms with Crippen molar-refractivity contribution in [3.05, 3.63) is 57.3 Å².